The van der Waals surface area contributed by atoms with Gasteiger partial charge in [0.2, 0.25) is 5.91 Å². The molecule has 3 rings (SSSR count). The third kappa shape index (κ3) is 4.40. The first-order valence-corrected chi connectivity index (χ1v) is 9.25. The summed E-state index contributed by atoms with van der Waals surface area (Å²) in [6.45, 7) is 3.67. The molecule has 144 valence electrons. The fraction of sp³-hybridized carbons (Fsp3) is 0.190. The first kappa shape index (κ1) is 19.6. The van der Waals surface area contributed by atoms with Crippen LogP contribution in [-0.4, -0.2) is 29.5 Å². The number of carbonyl (C=O) groups is 2. The lowest BCUT2D eigenvalue weighted by Gasteiger charge is -2.19. The minimum absolute atomic E-state index is 0.232. The van der Waals surface area contributed by atoms with Crippen molar-refractivity contribution in [3.8, 4) is 0 Å². The Labute approximate surface area is 167 Å². The molecule has 0 bridgehead atoms. The number of amides is 1. The van der Waals surface area contributed by atoms with Gasteiger partial charge in [-0.1, -0.05) is 29.8 Å². The molecule has 0 fully saturated rings. The second-order valence-corrected chi connectivity index (χ2v) is 6.59. The number of ether oxygens (including phenoxy) is 1. The lowest BCUT2D eigenvalue weighted by atomic mass is 10.1. The molecule has 1 atom stereocenters. The van der Waals surface area contributed by atoms with Crippen LogP contribution in [0.3, 0.4) is 0 Å². The van der Waals surface area contributed by atoms with E-state index in [2.05, 4.69) is 15.6 Å². The molecule has 2 aromatic carbocycles. The van der Waals surface area contributed by atoms with E-state index in [1.54, 1.807) is 44.2 Å². The van der Waals surface area contributed by atoms with Crippen LogP contribution < -0.4 is 10.6 Å². The summed E-state index contributed by atoms with van der Waals surface area (Å²) in [4.78, 5) is 29.3. The molecule has 0 aliphatic heterocycles. The molecule has 0 saturated carbocycles. The second kappa shape index (κ2) is 8.71. The van der Waals surface area contributed by atoms with E-state index < -0.39 is 12.0 Å². The molecule has 1 aromatic heterocycles. The number of nitrogens with zero attached hydrogens (tertiary/aromatic N) is 1. The Bertz CT molecular complexity index is 1010. The Balaban J connectivity index is 1.95. The summed E-state index contributed by atoms with van der Waals surface area (Å²) < 4.78 is 5.13. The summed E-state index contributed by atoms with van der Waals surface area (Å²) in [7, 11) is 0. The highest BCUT2D eigenvalue weighted by atomic mass is 35.5. The van der Waals surface area contributed by atoms with E-state index in [4.69, 9.17) is 16.3 Å². The molecule has 7 heteroatoms. The molecule has 1 unspecified atom stereocenters. The van der Waals surface area contributed by atoms with Crippen LogP contribution in [0.5, 0.6) is 0 Å². The predicted octanol–water partition coefficient (Wildman–Crippen LogP) is 4.50. The number of pyridine rings is 1. The monoisotopic (exact) mass is 397 g/mol. The molecule has 6 nitrogen and oxygen atoms in total. The summed E-state index contributed by atoms with van der Waals surface area (Å²) in [5.41, 5.74) is 2.04. The number of hydrogen-bond acceptors (Lipinski definition) is 5. The van der Waals surface area contributed by atoms with E-state index in [9.17, 15) is 9.59 Å². The molecule has 1 amide bonds. The van der Waals surface area contributed by atoms with Gasteiger partial charge in [0.1, 0.15) is 11.6 Å². The van der Waals surface area contributed by atoms with Gasteiger partial charge in [0.25, 0.3) is 0 Å². The van der Waals surface area contributed by atoms with E-state index in [0.717, 1.165) is 0 Å². The van der Waals surface area contributed by atoms with Gasteiger partial charge in [0.05, 0.1) is 17.8 Å². The maximum atomic E-state index is 12.6. The summed E-state index contributed by atoms with van der Waals surface area (Å²) in [5, 5.41) is 7.10. The lowest BCUT2D eigenvalue weighted by molar-refractivity contribution is -0.116. The molecule has 0 saturated heterocycles. The Kier molecular flexibility index (Phi) is 6.11. The number of esters is 1. The van der Waals surface area contributed by atoms with E-state index in [1.807, 2.05) is 18.2 Å². The number of carbonyl (C=O) groups excluding carboxylic acids is 2. The zero-order chi connectivity index (χ0) is 20.1. The molecular weight excluding hydrogens is 378 g/mol. The van der Waals surface area contributed by atoms with Crippen molar-refractivity contribution in [2.24, 2.45) is 0 Å². The number of halogens is 1. The summed E-state index contributed by atoms with van der Waals surface area (Å²) in [6.07, 6.45) is 1.44. The summed E-state index contributed by atoms with van der Waals surface area (Å²) >= 11 is 6.14. The van der Waals surface area contributed by atoms with Gasteiger partial charge in [-0.3, -0.25) is 9.78 Å². The number of rotatable bonds is 6. The van der Waals surface area contributed by atoms with Crippen molar-refractivity contribution in [1.29, 1.82) is 0 Å². The topological polar surface area (TPSA) is 80.3 Å². The van der Waals surface area contributed by atoms with Crippen molar-refractivity contribution in [2.75, 3.05) is 17.2 Å². The zero-order valence-corrected chi connectivity index (χ0v) is 16.3. The van der Waals surface area contributed by atoms with Crippen LogP contribution in [0, 0.1) is 0 Å². The van der Waals surface area contributed by atoms with Crippen LogP contribution >= 0.6 is 11.6 Å². The highest BCUT2D eigenvalue weighted by Crippen LogP contribution is 2.29. The Hall–Kier alpha value is -3.12. The third-order valence-corrected chi connectivity index (χ3v) is 4.36. The van der Waals surface area contributed by atoms with Gasteiger partial charge in [-0.15, -0.1) is 0 Å². The standard InChI is InChI=1S/C21H20ClN3O3/c1-3-28-21(27)17-12-23-18-10-9-14(22)11-16(18)19(17)24-13(2)20(26)25-15-7-5-4-6-8-15/h4-13H,3H2,1-2H3,(H,23,24)(H,25,26). The van der Waals surface area contributed by atoms with Gasteiger partial charge in [-0.25, -0.2) is 4.79 Å². The van der Waals surface area contributed by atoms with Crippen LogP contribution in [0.1, 0.15) is 24.2 Å². The molecule has 2 N–H and O–H groups in total. The summed E-state index contributed by atoms with van der Waals surface area (Å²) in [6, 6.07) is 13.7. The van der Waals surface area contributed by atoms with Gasteiger partial charge in [-0.05, 0) is 44.2 Å². The summed E-state index contributed by atoms with van der Waals surface area (Å²) in [5.74, 6) is -0.761. The smallest absolute Gasteiger partial charge is 0.341 e. The molecule has 0 aliphatic carbocycles. The molecule has 0 radical (unpaired) electrons. The number of anilines is 2. The zero-order valence-electron chi connectivity index (χ0n) is 15.5. The van der Waals surface area contributed by atoms with Crippen molar-refractivity contribution < 1.29 is 14.3 Å². The predicted molar refractivity (Wildman–Crippen MR) is 111 cm³/mol. The normalized spacial score (nSPS) is 11.7. The minimum atomic E-state index is -0.627. The highest BCUT2D eigenvalue weighted by Gasteiger charge is 2.21. The Morgan fingerprint density at radius 1 is 1.18 bits per heavy atom. The number of aromatic nitrogens is 1. The molecule has 3 aromatic rings. The maximum Gasteiger partial charge on any atom is 0.341 e. The van der Waals surface area contributed by atoms with Gasteiger partial charge < -0.3 is 15.4 Å². The van der Waals surface area contributed by atoms with Crippen molar-refractivity contribution in [1.82, 2.24) is 4.98 Å². The molecule has 28 heavy (non-hydrogen) atoms. The van der Waals surface area contributed by atoms with E-state index in [-0.39, 0.29) is 18.1 Å². The van der Waals surface area contributed by atoms with Crippen molar-refractivity contribution in [2.45, 2.75) is 19.9 Å². The molecule has 1 heterocycles. The van der Waals surface area contributed by atoms with E-state index >= 15 is 0 Å². The van der Waals surface area contributed by atoms with Crippen molar-refractivity contribution >= 4 is 45.8 Å². The fourth-order valence-corrected chi connectivity index (χ4v) is 2.91. The van der Waals surface area contributed by atoms with Crippen LogP contribution in [0.2, 0.25) is 5.02 Å². The lowest BCUT2D eigenvalue weighted by Crippen LogP contribution is -2.32. The van der Waals surface area contributed by atoms with E-state index in [0.29, 0.717) is 27.3 Å². The quantitative estimate of drug-likeness (QED) is 0.598. The van der Waals surface area contributed by atoms with Crippen LogP contribution in [0.25, 0.3) is 10.9 Å². The second-order valence-electron chi connectivity index (χ2n) is 6.15. The van der Waals surface area contributed by atoms with E-state index in [1.165, 1.54) is 6.20 Å². The van der Waals surface area contributed by atoms with Crippen LogP contribution in [-0.2, 0) is 9.53 Å². The fourth-order valence-electron chi connectivity index (χ4n) is 2.74. The van der Waals surface area contributed by atoms with Gasteiger partial charge in [0.15, 0.2) is 0 Å². The number of para-hydroxylation sites is 1. The number of hydrogen-bond donors (Lipinski definition) is 2. The number of nitrogens with one attached hydrogen (secondary N) is 2. The average Bonchev–Trinajstić information content (AvgIpc) is 2.69. The minimum Gasteiger partial charge on any atom is -0.462 e. The number of fused-ring (bicyclic) bond motifs is 1. The van der Waals surface area contributed by atoms with Crippen molar-refractivity contribution in [3.63, 3.8) is 0 Å². The van der Waals surface area contributed by atoms with Gasteiger partial charge in [-0.2, -0.15) is 0 Å². The SMILES string of the molecule is CCOC(=O)c1cnc2ccc(Cl)cc2c1NC(C)C(=O)Nc1ccccc1. The molecular formula is C21H20ClN3O3. The van der Waals surface area contributed by atoms with Crippen LogP contribution in [0.4, 0.5) is 11.4 Å². The van der Waals surface area contributed by atoms with Gasteiger partial charge in [0, 0.05) is 22.3 Å². The largest absolute Gasteiger partial charge is 0.462 e. The first-order valence-electron chi connectivity index (χ1n) is 8.87. The molecule has 0 spiro atoms. The number of benzene rings is 2. The highest BCUT2D eigenvalue weighted by molar-refractivity contribution is 6.31. The first-order chi connectivity index (χ1) is 13.5. The third-order valence-electron chi connectivity index (χ3n) is 4.12. The Morgan fingerprint density at radius 2 is 1.93 bits per heavy atom. The molecule has 0 aliphatic rings. The van der Waals surface area contributed by atoms with Gasteiger partial charge >= 0.3 is 5.97 Å². The van der Waals surface area contributed by atoms with Crippen molar-refractivity contribution in [3.05, 3.63) is 65.3 Å². The van der Waals surface area contributed by atoms with Crippen LogP contribution in [0.15, 0.2) is 54.7 Å². The maximum absolute atomic E-state index is 12.6. The Morgan fingerprint density at radius 3 is 2.64 bits per heavy atom. The average molecular weight is 398 g/mol.